The Balaban J connectivity index is 1.19. The van der Waals surface area contributed by atoms with Gasteiger partial charge in [-0.05, 0) is 66.1 Å². The molecule has 0 aromatic heterocycles. The molecule has 0 bridgehead atoms. The van der Waals surface area contributed by atoms with Crippen molar-refractivity contribution >= 4 is 48.1 Å². The second kappa shape index (κ2) is 19.8. The van der Waals surface area contributed by atoms with E-state index in [2.05, 4.69) is 61.0 Å². The van der Waals surface area contributed by atoms with E-state index in [0.29, 0.717) is 25.8 Å². The number of hydrogen-bond donors (Lipinski definition) is 3. The van der Waals surface area contributed by atoms with E-state index in [1.807, 2.05) is 110 Å². The van der Waals surface area contributed by atoms with Gasteiger partial charge in [-0.2, -0.15) is 0 Å². The number of benzene rings is 4. The average molecular weight is 841 g/mol. The fourth-order valence-corrected chi connectivity index (χ4v) is 13.4. The molecule has 0 radical (unpaired) electrons. The normalized spacial score (nSPS) is 22.0. The Bertz CT molecular complexity index is 2120. The summed E-state index contributed by atoms with van der Waals surface area (Å²) in [6.45, 7) is 10.4. The smallest absolute Gasteiger partial charge is 0.262 e. The van der Waals surface area contributed by atoms with Gasteiger partial charge in [-0.15, -0.1) is 0 Å². The maximum absolute atomic E-state index is 14.4. The Kier molecular flexibility index (Phi) is 14.6. The first-order valence-electron chi connectivity index (χ1n) is 21.5. The van der Waals surface area contributed by atoms with E-state index >= 15 is 0 Å². The zero-order valence-electron chi connectivity index (χ0n) is 36.1. The summed E-state index contributed by atoms with van der Waals surface area (Å²) < 4.78 is 7.02. The zero-order chi connectivity index (χ0) is 43.6. The molecule has 10 nitrogen and oxygen atoms in total. The van der Waals surface area contributed by atoms with Crippen molar-refractivity contribution in [2.24, 2.45) is 0 Å². The third kappa shape index (κ3) is 10.6. The molecule has 0 spiro atoms. The molecule has 2 aliphatic heterocycles. The number of rotatable bonds is 14. The van der Waals surface area contributed by atoms with Crippen LogP contribution in [0.15, 0.2) is 133 Å². The predicted octanol–water partition coefficient (Wildman–Crippen LogP) is 5.58. The van der Waals surface area contributed by atoms with Crippen LogP contribution < -0.4 is 26.3 Å². The third-order valence-corrected chi connectivity index (χ3v) is 17.1. The van der Waals surface area contributed by atoms with Crippen LogP contribution in [0.3, 0.4) is 0 Å². The molecule has 4 amide bonds. The molecule has 6 rings (SSSR count). The number of nitrogens with zero attached hydrogens (tertiary/aromatic N) is 1. The van der Waals surface area contributed by atoms with E-state index < -0.39 is 55.8 Å². The fourth-order valence-electron chi connectivity index (χ4n) is 8.72. The summed E-state index contributed by atoms with van der Waals surface area (Å²) in [5, 5.41) is 10.8. The monoisotopic (exact) mass is 840 g/mol. The van der Waals surface area contributed by atoms with Gasteiger partial charge in [0.05, 0.1) is 0 Å². The van der Waals surface area contributed by atoms with Gasteiger partial charge < -0.3 is 25.3 Å². The second-order valence-corrected chi connectivity index (χ2v) is 21.8. The number of carbonyl (C=O) groups excluding carboxylic acids is 5. The molecule has 2 aliphatic rings. The zero-order valence-corrected chi connectivity index (χ0v) is 37.1. The molecule has 4 aromatic carbocycles. The molecular formula is C50H60N4O6Si. The molecule has 0 saturated carbocycles. The van der Waals surface area contributed by atoms with Crippen molar-refractivity contribution < 1.29 is 28.4 Å². The van der Waals surface area contributed by atoms with Crippen LogP contribution in [-0.4, -0.2) is 78.9 Å². The first-order valence-corrected chi connectivity index (χ1v) is 23.4. The Morgan fingerprint density at radius 1 is 0.787 bits per heavy atom. The van der Waals surface area contributed by atoms with E-state index in [1.54, 1.807) is 17.9 Å². The third-order valence-electron chi connectivity index (χ3n) is 12.0. The van der Waals surface area contributed by atoms with E-state index in [4.69, 9.17) is 4.43 Å². The number of allylic oxidation sites excluding steroid dienone is 2. The lowest BCUT2D eigenvalue weighted by Gasteiger charge is -2.44. The van der Waals surface area contributed by atoms with Crippen LogP contribution in [0.4, 0.5) is 0 Å². The van der Waals surface area contributed by atoms with Crippen LogP contribution in [0.25, 0.3) is 0 Å². The van der Waals surface area contributed by atoms with Crippen LogP contribution in [0, 0.1) is 0 Å². The van der Waals surface area contributed by atoms with Crippen molar-refractivity contribution in [3.8, 4) is 0 Å². The summed E-state index contributed by atoms with van der Waals surface area (Å²) in [7, 11) is -2.95. The maximum atomic E-state index is 14.4. The molecule has 3 N–H and O–H groups in total. The number of ketones is 1. The number of fused-ring (bicyclic) bond motifs is 1. The highest BCUT2D eigenvalue weighted by molar-refractivity contribution is 6.99. The molecular weight excluding hydrogens is 781 g/mol. The van der Waals surface area contributed by atoms with Crippen molar-refractivity contribution in [1.82, 2.24) is 20.9 Å². The second-order valence-electron chi connectivity index (χ2n) is 17.6. The fraction of sp³-hybridized carbons (Fsp3) is 0.380. The molecule has 11 heteroatoms. The first kappa shape index (κ1) is 44.9. The minimum absolute atomic E-state index is 0.0689. The van der Waals surface area contributed by atoms with Gasteiger partial charge in [-0.1, -0.05) is 154 Å². The van der Waals surface area contributed by atoms with Gasteiger partial charge in [0.1, 0.15) is 29.8 Å². The molecule has 1 unspecified atom stereocenters. The largest absolute Gasteiger partial charge is 0.398 e. The molecule has 2 fully saturated rings. The van der Waals surface area contributed by atoms with E-state index in [1.165, 1.54) is 0 Å². The minimum Gasteiger partial charge on any atom is -0.398 e. The summed E-state index contributed by atoms with van der Waals surface area (Å²) in [6, 6.07) is 36.5. The Hall–Kier alpha value is -5.65. The molecule has 61 heavy (non-hydrogen) atoms. The van der Waals surface area contributed by atoms with Gasteiger partial charge in [-0.25, -0.2) is 0 Å². The Morgan fingerprint density at radius 2 is 1.34 bits per heavy atom. The van der Waals surface area contributed by atoms with Crippen LogP contribution in [0.2, 0.25) is 5.04 Å². The molecule has 2 saturated heterocycles. The molecule has 0 aliphatic carbocycles. The van der Waals surface area contributed by atoms with Crippen molar-refractivity contribution in [2.45, 2.75) is 114 Å². The molecule has 4 aromatic rings. The molecule has 2 heterocycles. The van der Waals surface area contributed by atoms with Gasteiger partial charge in [0, 0.05) is 25.8 Å². The lowest BCUT2D eigenvalue weighted by atomic mass is 9.90. The highest BCUT2D eigenvalue weighted by atomic mass is 28.4. The van der Waals surface area contributed by atoms with Gasteiger partial charge in [0.15, 0.2) is 5.78 Å². The summed E-state index contributed by atoms with van der Waals surface area (Å²) in [6.07, 6.45) is 5.09. The lowest BCUT2D eigenvalue weighted by molar-refractivity contribution is -0.144. The SMILES string of the molecule is C[C@H](O[Si](c1ccccc1)(c1ccccc1)C(C)(C)C)C(=O)CC=CCC[C@@H]1NC(=O)[C@H]2CCCN2C(=O)C(Cc2ccccc2)NC(=O)[C@](C)(Cc2ccccc2)NC1=O. The number of nitrogens with one attached hydrogen (secondary N) is 3. The standard InChI is InChI=1S/C50H60N4O6Si/c1-36(60-61(49(2,3)4,39-26-15-8-16-27-39)40-28-17-9-18-29-40)44(55)32-20-10-19-30-41-45(56)53-50(5,35-38-24-13-7-14-25-38)48(59)52-42(34-37-22-11-6-12-23-37)47(58)54-33-21-31-43(54)46(57)51-41/h6-18,20,22-29,36,41-43H,19,21,30-35H2,1-5H3,(H,51,57)(H,52,59)(H,53,56)/t36-,41-,42?,43+,50-/m0/s1. The number of hydrogen-bond acceptors (Lipinski definition) is 6. The molecule has 320 valence electrons. The average Bonchev–Trinajstić information content (AvgIpc) is 3.75. The lowest BCUT2D eigenvalue weighted by Crippen LogP contribution is -2.68. The van der Waals surface area contributed by atoms with Crippen molar-refractivity contribution in [3.05, 3.63) is 145 Å². The van der Waals surface area contributed by atoms with Crippen molar-refractivity contribution in [2.75, 3.05) is 6.54 Å². The highest BCUT2D eigenvalue weighted by Gasteiger charge is 2.51. The molecule has 5 atom stereocenters. The van der Waals surface area contributed by atoms with Crippen LogP contribution in [0.1, 0.15) is 77.8 Å². The number of amides is 4. The van der Waals surface area contributed by atoms with Gasteiger partial charge in [0.25, 0.3) is 8.32 Å². The van der Waals surface area contributed by atoms with Gasteiger partial charge in [0.2, 0.25) is 23.6 Å². The summed E-state index contributed by atoms with van der Waals surface area (Å²) in [5.74, 6) is -1.81. The quantitative estimate of drug-likeness (QED) is 0.112. The highest BCUT2D eigenvalue weighted by Crippen LogP contribution is 2.37. The van der Waals surface area contributed by atoms with Crippen LogP contribution >= 0.6 is 0 Å². The maximum Gasteiger partial charge on any atom is 0.262 e. The summed E-state index contributed by atoms with van der Waals surface area (Å²) in [5.41, 5.74) is 0.210. The first-order chi connectivity index (χ1) is 29.2. The number of carbonyl (C=O) groups is 5. The van der Waals surface area contributed by atoms with Crippen LogP contribution in [0.5, 0.6) is 0 Å². The topological polar surface area (TPSA) is 134 Å². The van der Waals surface area contributed by atoms with E-state index in [9.17, 15) is 24.0 Å². The van der Waals surface area contributed by atoms with Crippen molar-refractivity contribution in [1.29, 1.82) is 0 Å². The summed E-state index contributed by atoms with van der Waals surface area (Å²) in [4.78, 5) is 72.2. The van der Waals surface area contributed by atoms with Gasteiger partial charge in [-0.3, -0.25) is 24.0 Å². The van der Waals surface area contributed by atoms with E-state index in [0.717, 1.165) is 21.5 Å². The van der Waals surface area contributed by atoms with E-state index in [-0.39, 0.29) is 42.4 Å². The van der Waals surface area contributed by atoms with Gasteiger partial charge >= 0.3 is 0 Å². The minimum atomic E-state index is -2.95. The summed E-state index contributed by atoms with van der Waals surface area (Å²) >= 11 is 0. The predicted molar refractivity (Wildman–Crippen MR) is 242 cm³/mol. The number of Topliss-reactive ketones (excluding diaryl/α,β-unsaturated/α-hetero) is 1. The van der Waals surface area contributed by atoms with Crippen LogP contribution in [-0.2, 0) is 41.2 Å². The van der Waals surface area contributed by atoms with Crippen molar-refractivity contribution in [3.63, 3.8) is 0 Å². The Morgan fingerprint density at radius 3 is 1.92 bits per heavy atom. The Labute approximate surface area is 361 Å².